The lowest BCUT2D eigenvalue weighted by Gasteiger charge is -2.30. The molecule has 0 bridgehead atoms. The van der Waals surface area contributed by atoms with Crippen LogP contribution in [0.15, 0.2) is 18.2 Å². The lowest BCUT2D eigenvalue weighted by molar-refractivity contribution is 0.694. The van der Waals surface area contributed by atoms with Gasteiger partial charge in [0, 0.05) is 30.9 Å². The summed E-state index contributed by atoms with van der Waals surface area (Å²) < 4.78 is 0. The quantitative estimate of drug-likeness (QED) is 0.828. The summed E-state index contributed by atoms with van der Waals surface area (Å²) in [5.74, 6) is 0. The van der Waals surface area contributed by atoms with Gasteiger partial charge in [-0.05, 0) is 57.7 Å². The van der Waals surface area contributed by atoms with Crippen molar-refractivity contribution < 1.29 is 0 Å². The second-order valence-electron chi connectivity index (χ2n) is 6.12. The molecule has 0 aromatic heterocycles. The highest BCUT2D eigenvalue weighted by Crippen LogP contribution is 2.35. The van der Waals surface area contributed by atoms with Gasteiger partial charge in [0.1, 0.15) is 0 Å². The van der Waals surface area contributed by atoms with Gasteiger partial charge < -0.3 is 15.5 Å². The molecule has 2 aliphatic rings. The van der Waals surface area contributed by atoms with Crippen molar-refractivity contribution in [2.45, 2.75) is 51.6 Å². The van der Waals surface area contributed by atoms with E-state index in [4.69, 9.17) is 5.73 Å². The minimum Gasteiger partial charge on any atom is -0.397 e. The van der Waals surface area contributed by atoms with E-state index in [1.807, 2.05) is 0 Å². The molecule has 2 fully saturated rings. The van der Waals surface area contributed by atoms with Crippen molar-refractivity contribution in [2.24, 2.45) is 0 Å². The molecule has 2 aliphatic heterocycles. The summed E-state index contributed by atoms with van der Waals surface area (Å²) in [6, 6.07) is 7.90. The highest BCUT2D eigenvalue weighted by atomic mass is 15.2. The summed E-state index contributed by atoms with van der Waals surface area (Å²) in [5.41, 5.74) is 9.74. The minimum absolute atomic E-state index is 0.632. The minimum atomic E-state index is 0.632. The fourth-order valence-corrected chi connectivity index (χ4v) is 3.65. The van der Waals surface area contributed by atoms with Crippen LogP contribution in [0.3, 0.4) is 0 Å². The molecule has 0 saturated carbocycles. The monoisotopic (exact) mass is 259 g/mol. The zero-order valence-electron chi connectivity index (χ0n) is 12.1. The second kappa shape index (κ2) is 4.95. The number of nitrogens with zero attached hydrogens (tertiary/aromatic N) is 2. The Morgan fingerprint density at radius 3 is 2.26 bits per heavy atom. The molecule has 2 heterocycles. The number of rotatable bonds is 2. The van der Waals surface area contributed by atoms with Crippen LogP contribution in [0.4, 0.5) is 17.1 Å². The van der Waals surface area contributed by atoms with Gasteiger partial charge in [-0.3, -0.25) is 0 Å². The van der Waals surface area contributed by atoms with Gasteiger partial charge in [0.2, 0.25) is 0 Å². The predicted molar refractivity (Wildman–Crippen MR) is 82.9 cm³/mol. The standard InChI is InChI=1S/C16H25N3/c1-12-5-6-13(2)19(12)14-7-8-16(15(17)11-14)18-9-3-4-10-18/h7-8,11-13H,3-6,9-10,17H2,1-2H3/t12-,13+. The van der Waals surface area contributed by atoms with Crippen LogP contribution in [0.5, 0.6) is 0 Å². The van der Waals surface area contributed by atoms with Gasteiger partial charge in [0.15, 0.2) is 0 Å². The zero-order valence-corrected chi connectivity index (χ0v) is 12.1. The molecule has 104 valence electrons. The van der Waals surface area contributed by atoms with Crippen LogP contribution in [0.1, 0.15) is 39.5 Å². The van der Waals surface area contributed by atoms with E-state index in [0.29, 0.717) is 12.1 Å². The molecule has 3 heteroatoms. The van der Waals surface area contributed by atoms with Crippen molar-refractivity contribution in [2.75, 3.05) is 28.6 Å². The van der Waals surface area contributed by atoms with Crippen LogP contribution in [0, 0.1) is 0 Å². The van der Waals surface area contributed by atoms with E-state index in [0.717, 1.165) is 18.8 Å². The first-order valence-corrected chi connectivity index (χ1v) is 7.59. The number of hydrogen-bond acceptors (Lipinski definition) is 3. The SMILES string of the molecule is C[C@@H]1CC[C@H](C)N1c1ccc(N2CCCC2)c(N)c1. The third-order valence-electron chi connectivity index (χ3n) is 4.71. The molecule has 0 aliphatic carbocycles. The summed E-state index contributed by atoms with van der Waals surface area (Å²) >= 11 is 0. The van der Waals surface area contributed by atoms with E-state index < -0.39 is 0 Å². The van der Waals surface area contributed by atoms with Crippen molar-refractivity contribution in [1.82, 2.24) is 0 Å². The summed E-state index contributed by atoms with van der Waals surface area (Å²) in [7, 11) is 0. The molecule has 3 rings (SSSR count). The van der Waals surface area contributed by atoms with Gasteiger partial charge in [-0.2, -0.15) is 0 Å². The molecule has 3 nitrogen and oxygen atoms in total. The average molecular weight is 259 g/mol. The van der Waals surface area contributed by atoms with E-state index in [1.54, 1.807) is 0 Å². The maximum atomic E-state index is 6.29. The molecule has 19 heavy (non-hydrogen) atoms. The van der Waals surface area contributed by atoms with Crippen LogP contribution >= 0.6 is 0 Å². The Hall–Kier alpha value is -1.38. The highest BCUT2D eigenvalue weighted by molar-refractivity contribution is 5.73. The third-order valence-corrected chi connectivity index (χ3v) is 4.71. The topological polar surface area (TPSA) is 32.5 Å². The highest BCUT2D eigenvalue weighted by Gasteiger charge is 2.27. The van der Waals surface area contributed by atoms with Gasteiger partial charge in [0.05, 0.1) is 11.4 Å². The molecule has 0 unspecified atom stereocenters. The van der Waals surface area contributed by atoms with E-state index in [9.17, 15) is 0 Å². The first-order chi connectivity index (χ1) is 9.16. The zero-order chi connectivity index (χ0) is 13.4. The van der Waals surface area contributed by atoms with Crippen molar-refractivity contribution in [1.29, 1.82) is 0 Å². The number of nitrogens with two attached hydrogens (primary N) is 1. The fraction of sp³-hybridized carbons (Fsp3) is 0.625. The predicted octanol–water partition coefficient (Wildman–Crippen LogP) is 3.25. The molecule has 1 aromatic carbocycles. The van der Waals surface area contributed by atoms with E-state index in [-0.39, 0.29) is 0 Å². The Morgan fingerprint density at radius 2 is 1.68 bits per heavy atom. The molecular weight excluding hydrogens is 234 g/mol. The van der Waals surface area contributed by atoms with E-state index in [1.165, 1.54) is 37.1 Å². The smallest absolute Gasteiger partial charge is 0.0601 e. The average Bonchev–Trinajstić information content (AvgIpc) is 3.00. The first kappa shape index (κ1) is 12.6. The second-order valence-corrected chi connectivity index (χ2v) is 6.12. The van der Waals surface area contributed by atoms with Crippen LogP contribution in [0.2, 0.25) is 0 Å². The molecular formula is C16H25N3. The summed E-state index contributed by atoms with van der Waals surface area (Å²) in [5, 5.41) is 0. The molecule has 2 saturated heterocycles. The van der Waals surface area contributed by atoms with Gasteiger partial charge >= 0.3 is 0 Å². The normalized spacial score (nSPS) is 27.3. The molecule has 0 amide bonds. The van der Waals surface area contributed by atoms with Gasteiger partial charge in [-0.25, -0.2) is 0 Å². The Bertz CT molecular complexity index is 441. The Kier molecular flexibility index (Phi) is 3.29. The van der Waals surface area contributed by atoms with Crippen LogP contribution in [-0.4, -0.2) is 25.2 Å². The van der Waals surface area contributed by atoms with Crippen molar-refractivity contribution in [3.05, 3.63) is 18.2 Å². The van der Waals surface area contributed by atoms with E-state index in [2.05, 4.69) is 41.8 Å². The molecule has 2 N–H and O–H groups in total. The van der Waals surface area contributed by atoms with Crippen LogP contribution in [0.25, 0.3) is 0 Å². The number of nitrogen functional groups attached to an aromatic ring is 1. The molecule has 1 aromatic rings. The lowest BCUT2D eigenvalue weighted by atomic mass is 10.2. The van der Waals surface area contributed by atoms with Gasteiger partial charge in [0.25, 0.3) is 0 Å². The maximum absolute atomic E-state index is 6.29. The Morgan fingerprint density at radius 1 is 1.05 bits per heavy atom. The first-order valence-electron chi connectivity index (χ1n) is 7.59. The Labute approximate surface area is 116 Å². The van der Waals surface area contributed by atoms with Crippen molar-refractivity contribution in [3.63, 3.8) is 0 Å². The van der Waals surface area contributed by atoms with Crippen molar-refractivity contribution in [3.8, 4) is 0 Å². The van der Waals surface area contributed by atoms with Crippen LogP contribution in [-0.2, 0) is 0 Å². The summed E-state index contributed by atoms with van der Waals surface area (Å²) in [4.78, 5) is 4.93. The molecule has 0 radical (unpaired) electrons. The van der Waals surface area contributed by atoms with Gasteiger partial charge in [-0.15, -0.1) is 0 Å². The van der Waals surface area contributed by atoms with Crippen molar-refractivity contribution >= 4 is 17.1 Å². The fourth-order valence-electron chi connectivity index (χ4n) is 3.65. The summed E-state index contributed by atoms with van der Waals surface area (Å²) in [6.45, 7) is 6.93. The van der Waals surface area contributed by atoms with E-state index >= 15 is 0 Å². The Balaban J connectivity index is 1.86. The van der Waals surface area contributed by atoms with Gasteiger partial charge in [-0.1, -0.05) is 0 Å². The molecule has 2 atom stereocenters. The number of hydrogen-bond donors (Lipinski definition) is 1. The largest absolute Gasteiger partial charge is 0.397 e. The van der Waals surface area contributed by atoms with Crippen LogP contribution < -0.4 is 15.5 Å². The number of anilines is 3. The maximum Gasteiger partial charge on any atom is 0.0601 e. The molecule has 0 spiro atoms. The number of benzene rings is 1. The lowest BCUT2D eigenvalue weighted by Crippen LogP contribution is -2.32. The summed E-state index contributed by atoms with van der Waals surface area (Å²) in [6.07, 6.45) is 5.16. The third kappa shape index (κ3) is 2.26.